The quantitative estimate of drug-likeness (QED) is 0.629. The van der Waals surface area contributed by atoms with Crippen molar-refractivity contribution in [3.05, 3.63) is 34.2 Å². The van der Waals surface area contributed by atoms with Gasteiger partial charge in [-0.3, -0.25) is 14.4 Å². The van der Waals surface area contributed by atoms with Gasteiger partial charge in [-0.2, -0.15) is 0 Å². The molecule has 16 heavy (non-hydrogen) atoms. The van der Waals surface area contributed by atoms with Crippen LogP contribution in [0.3, 0.4) is 0 Å². The highest BCUT2D eigenvalue weighted by molar-refractivity contribution is 5.96. The SMILES string of the molecule is CNC(=O)C(C)NC(=O)c1c[nH]ccc1=O. The van der Waals surface area contributed by atoms with E-state index in [0.717, 1.165) is 0 Å². The van der Waals surface area contributed by atoms with Crippen LogP contribution in [0.15, 0.2) is 23.3 Å². The summed E-state index contributed by atoms with van der Waals surface area (Å²) >= 11 is 0. The molecule has 1 aromatic heterocycles. The average Bonchev–Trinajstić information content (AvgIpc) is 2.28. The van der Waals surface area contributed by atoms with Crippen molar-refractivity contribution in [1.82, 2.24) is 15.6 Å². The van der Waals surface area contributed by atoms with E-state index in [4.69, 9.17) is 0 Å². The summed E-state index contributed by atoms with van der Waals surface area (Å²) in [6.07, 6.45) is 2.73. The zero-order valence-electron chi connectivity index (χ0n) is 9.03. The molecule has 0 aliphatic rings. The van der Waals surface area contributed by atoms with Crippen molar-refractivity contribution < 1.29 is 9.59 Å². The molecule has 0 saturated heterocycles. The van der Waals surface area contributed by atoms with E-state index >= 15 is 0 Å². The Morgan fingerprint density at radius 2 is 2.12 bits per heavy atom. The largest absolute Gasteiger partial charge is 0.367 e. The molecule has 0 aliphatic heterocycles. The first-order valence-electron chi connectivity index (χ1n) is 4.76. The lowest BCUT2D eigenvalue weighted by atomic mass is 10.2. The van der Waals surface area contributed by atoms with E-state index < -0.39 is 11.9 Å². The van der Waals surface area contributed by atoms with Crippen LogP contribution in [0, 0.1) is 0 Å². The number of pyridine rings is 1. The molecule has 2 amide bonds. The van der Waals surface area contributed by atoms with E-state index in [9.17, 15) is 14.4 Å². The standard InChI is InChI=1S/C10H13N3O3/c1-6(9(15)11-2)13-10(16)7-5-12-4-3-8(7)14/h3-6H,1-2H3,(H,11,15)(H,12,14)(H,13,16). The van der Waals surface area contributed by atoms with Gasteiger partial charge in [0.2, 0.25) is 5.91 Å². The predicted octanol–water partition coefficient (Wildman–Crippen LogP) is -0.761. The highest BCUT2D eigenvalue weighted by Crippen LogP contribution is 1.90. The lowest BCUT2D eigenvalue weighted by Crippen LogP contribution is -2.44. The molecular weight excluding hydrogens is 210 g/mol. The Balaban J connectivity index is 2.78. The lowest BCUT2D eigenvalue weighted by Gasteiger charge is -2.11. The number of aromatic amines is 1. The molecule has 0 fully saturated rings. The Bertz CT molecular complexity index is 453. The van der Waals surface area contributed by atoms with Gasteiger partial charge < -0.3 is 15.6 Å². The predicted molar refractivity (Wildman–Crippen MR) is 58.1 cm³/mol. The second-order valence-electron chi connectivity index (χ2n) is 3.23. The van der Waals surface area contributed by atoms with Gasteiger partial charge in [0, 0.05) is 25.5 Å². The first kappa shape index (κ1) is 12.0. The van der Waals surface area contributed by atoms with Crippen LogP contribution in [0.1, 0.15) is 17.3 Å². The number of hydrogen-bond acceptors (Lipinski definition) is 3. The topological polar surface area (TPSA) is 91.1 Å². The molecular formula is C10H13N3O3. The van der Waals surface area contributed by atoms with E-state index in [1.54, 1.807) is 0 Å². The summed E-state index contributed by atoms with van der Waals surface area (Å²) in [7, 11) is 1.47. The second-order valence-corrected chi connectivity index (χ2v) is 3.23. The molecule has 0 saturated carbocycles. The monoisotopic (exact) mass is 223 g/mol. The molecule has 6 heteroatoms. The van der Waals surface area contributed by atoms with Crippen LogP contribution in [-0.2, 0) is 4.79 Å². The van der Waals surface area contributed by atoms with Crippen molar-refractivity contribution >= 4 is 11.8 Å². The van der Waals surface area contributed by atoms with Crippen LogP contribution in [0.25, 0.3) is 0 Å². The minimum absolute atomic E-state index is 0.0155. The highest BCUT2D eigenvalue weighted by Gasteiger charge is 2.16. The maximum atomic E-state index is 11.6. The fourth-order valence-corrected chi connectivity index (χ4v) is 1.15. The van der Waals surface area contributed by atoms with Gasteiger partial charge in [0.05, 0.1) is 0 Å². The molecule has 3 N–H and O–H groups in total. The molecule has 1 atom stereocenters. The normalized spacial score (nSPS) is 11.6. The highest BCUT2D eigenvalue weighted by atomic mass is 16.2. The number of hydrogen-bond donors (Lipinski definition) is 3. The number of carbonyl (C=O) groups is 2. The smallest absolute Gasteiger partial charge is 0.257 e. The third-order valence-electron chi connectivity index (χ3n) is 2.06. The van der Waals surface area contributed by atoms with Crippen LogP contribution in [-0.4, -0.2) is 29.9 Å². The molecule has 1 aromatic rings. The summed E-state index contributed by atoms with van der Waals surface area (Å²) in [6, 6.07) is 0.566. The minimum atomic E-state index is -0.683. The Kier molecular flexibility index (Phi) is 3.82. The average molecular weight is 223 g/mol. The van der Waals surface area contributed by atoms with Crippen LogP contribution < -0.4 is 16.1 Å². The van der Waals surface area contributed by atoms with Crippen LogP contribution in [0.4, 0.5) is 0 Å². The maximum Gasteiger partial charge on any atom is 0.257 e. The van der Waals surface area contributed by atoms with Gasteiger partial charge >= 0.3 is 0 Å². The van der Waals surface area contributed by atoms with Gasteiger partial charge in [0.15, 0.2) is 5.43 Å². The van der Waals surface area contributed by atoms with Gasteiger partial charge in [-0.25, -0.2) is 0 Å². The van der Waals surface area contributed by atoms with Crippen LogP contribution >= 0.6 is 0 Å². The van der Waals surface area contributed by atoms with Crippen LogP contribution in [0.5, 0.6) is 0 Å². The molecule has 0 radical (unpaired) electrons. The fourth-order valence-electron chi connectivity index (χ4n) is 1.15. The molecule has 0 spiro atoms. The van der Waals surface area contributed by atoms with Gasteiger partial charge in [-0.15, -0.1) is 0 Å². The zero-order valence-corrected chi connectivity index (χ0v) is 9.03. The van der Waals surface area contributed by atoms with Crippen molar-refractivity contribution in [2.45, 2.75) is 13.0 Å². The van der Waals surface area contributed by atoms with Gasteiger partial charge in [0.1, 0.15) is 11.6 Å². The fraction of sp³-hybridized carbons (Fsp3) is 0.300. The van der Waals surface area contributed by atoms with E-state index in [2.05, 4.69) is 15.6 Å². The molecule has 0 aromatic carbocycles. The Hall–Kier alpha value is -2.11. The molecule has 1 unspecified atom stereocenters. The van der Waals surface area contributed by atoms with Crippen molar-refractivity contribution in [3.63, 3.8) is 0 Å². The summed E-state index contributed by atoms with van der Waals surface area (Å²) in [5.41, 5.74) is -0.404. The van der Waals surface area contributed by atoms with Crippen molar-refractivity contribution in [2.75, 3.05) is 7.05 Å². The molecule has 86 valence electrons. The first-order chi connectivity index (χ1) is 7.56. The summed E-state index contributed by atoms with van der Waals surface area (Å²) in [4.78, 5) is 36.7. The van der Waals surface area contributed by atoms with Crippen molar-refractivity contribution in [2.24, 2.45) is 0 Å². The summed E-state index contributed by atoms with van der Waals surface area (Å²) in [5.74, 6) is -0.890. The van der Waals surface area contributed by atoms with Gasteiger partial charge in [0.25, 0.3) is 5.91 Å². The number of carbonyl (C=O) groups excluding carboxylic acids is 2. The molecule has 0 aliphatic carbocycles. The van der Waals surface area contributed by atoms with E-state index in [1.165, 1.54) is 32.4 Å². The summed E-state index contributed by atoms with van der Waals surface area (Å²) < 4.78 is 0. The molecule has 1 heterocycles. The number of H-pyrrole nitrogens is 1. The Labute approximate surface area is 92.1 Å². The molecule has 0 bridgehead atoms. The number of nitrogens with one attached hydrogen (secondary N) is 3. The number of rotatable bonds is 3. The second kappa shape index (κ2) is 5.11. The lowest BCUT2D eigenvalue weighted by molar-refractivity contribution is -0.122. The van der Waals surface area contributed by atoms with Crippen LogP contribution in [0.2, 0.25) is 0 Å². The maximum absolute atomic E-state index is 11.6. The first-order valence-corrected chi connectivity index (χ1v) is 4.76. The third kappa shape index (κ3) is 2.69. The third-order valence-corrected chi connectivity index (χ3v) is 2.06. The molecule has 6 nitrogen and oxygen atoms in total. The van der Waals surface area contributed by atoms with Gasteiger partial charge in [-0.05, 0) is 6.92 Å². The Morgan fingerprint density at radius 1 is 1.44 bits per heavy atom. The summed E-state index contributed by atoms with van der Waals surface area (Å²) in [5, 5.41) is 4.81. The van der Waals surface area contributed by atoms with E-state index in [0.29, 0.717) is 0 Å². The molecule has 1 rings (SSSR count). The van der Waals surface area contributed by atoms with E-state index in [-0.39, 0.29) is 16.9 Å². The number of amides is 2. The number of likely N-dealkylation sites (N-methyl/N-ethyl adjacent to an activating group) is 1. The number of aromatic nitrogens is 1. The Morgan fingerprint density at radius 3 is 2.69 bits per heavy atom. The van der Waals surface area contributed by atoms with Crippen molar-refractivity contribution in [3.8, 4) is 0 Å². The summed E-state index contributed by atoms with van der Waals surface area (Å²) in [6.45, 7) is 1.54. The minimum Gasteiger partial charge on any atom is -0.367 e. The van der Waals surface area contributed by atoms with E-state index in [1.807, 2.05) is 0 Å². The van der Waals surface area contributed by atoms with Crippen molar-refractivity contribution in [1.29, 1.82) is 0 Å². The zero-order chi connectivity index (χ0) is 12.1. The van der Waals surface area contributed by atoms with Gasteiger partial charge in [-0.1, -0.05) is 0 Å².